The van der Waals surface area contributed by atoms with Gasteiger partial charge >= 0.3 is 0 Å². The van der Waals surface area contributed by atoms with Crippen LogP contribution < -0.4 is 4.72 Å². The maximum absolute atomic E-state index is 12.0. The van der Waals surface area contributed by atoms with Crippen molar-refractivity contribution in [2.75, 3.05) is 12.3 Å². The van der Waals surface area contributed by atoms with Gasteiger partial charge in [0.05, 0.1) is 11.9 Å². The average Bonchev–Trinajstić information content (AvgIpc) is 2.85. The maximum Gasteiger partial charge on any atom is 0.211 e. The molecule has 1 heterocycles. The molecule has 0 amide bonds. The third-order valence-electron chi connectivity index (χ3n) is 3.68. The van der Waals surface area contributed by atoms with Crippen LogP contribution in [0.4, 0.5) is 0 Å². The minimum Gasteiger partial charge on any atom is -0.466 e. The summed E-state index contributed by atoms with van der Waals surface area (Å²) in [4.78, 5) is 0. The van der Waals surface area contributed by atoms with Gasteiger partial charge in [0.25, 0.3) is 0 Å². The molecule has 23 heavy (non-hydrogen) atoms. The third kappa shape index (κ3) is 5.49. The molecule has 126 valence electrons. The molecule has 0 radical (unpaired) electrons. The molecule has 0 aliphatic rings. The first-order valence-corrected chi connectivity index (χ1v) is 9.29. The predicted molar refractivity (Wildman–Crippen MR) is 89.7 cm³/mol. The van der Waals surface area contributed by atoms with Gasteiger partial charge in [-0.15, -0.1) is 0 Å². The minimum absolute atomic E-state index is 0.0386. The van der Waals surface area contributed by atoms with Crippen LogP contribution in [0.1, 0.15) is 35.2 Å². The number of aryl methyl sites for hydroxylation is 3. The smallest absolute Gasteiger partial charge is 0.211 e. The number of hydrogen-bond acceptors (Lipinski definition) is 4. The highest BCUT2D eigenvalue weighted by atomic mass is 32.2. The van der Waals surface area contributed by atoms with Gasteiger partial charge in [0.1, 0.15) is 11.5 Å². The van der Waals surface area contributed by atoms with Crippen LogP contribution in [0.5, 0.6) is 0 Å². The van der Waals surface area contributed by atoms with Gasteiger partial charge in [-0.3, -0.25) is 0 Å². The van der Waals surface area contributed by atoms with Crippen LogP contribution in [0.3, 0.4) is 0 Å². The van der Waals surface area contributed by atoms with Gasteiger partial charge in [0, 0.05) is 12.1 Å². The van der Waals surface area contributed by atoms with Crippen molar-refractivity contribution < 1.29 is 17.9 Å². The maximum atomic E-state index is 12.0. The Morgan fingerprint density at radius 3 is 2.52 bits per heavy atom. The van der Waals surface area contributed by atoms with Crippen LogP contribution in [0.2, 0.25) is 0 Å². The fourth-order valence-corrected chi connectivity index (χ4v) is 3.53. The quantitative estimate of drug-likeness (QED) is 0.775. The second-order valence-electron chi connectivity index (χ2n) is 5.62. The Labute approximate surface area is 137 Å². The van der Waals surface area contributed by atoms with E-state index >= 15 is 0 Å². The van der Waals surface area contributed by atoms with Gasteiger partial charge in [-0.2, -0.15) is 0 Å². The van der Waals surface area contributed by atoms with Crippen molar-refractivity contribution in [1.29, 1.82) is 0 Å². The van der Waals surface area contributed by atoms with Gasteiger partial charge in [-0.1, -0.05) is 30.3 Å². The molecule has 0 fully saturated rings. The number of rotatable bonds is 8. The van der Waals surface area contributed by atoms with E-state index in [-0.39, 0.29) is 12.3 Å². The third-order valence-corrected chi connectivity index (χ3v) is 5.07. The van der Waals surface area contributed by atoms with Crippen molar-refractivity contribution in [3.05, 3.63) is 59.0 Å². The van der Waals surface area contributed by atoms with E-state index in [9.17, 15) is 13.5 Å². The first-order valence-electron chi connectivity index (χ1n) is 7.63. The fraction of sp³-hybridized carbons (Fsp3) is 0.412. The molecule has 0 saturated heterocycles. The molecule has 2 aromatic rings. The van der Waals surface area contributed by atoms with Crippen molar-refractivity contribution in [2.24, 2.45) is 0 Å². The summed E-state index contributed by atoms with van der Waals surface area (Å²) in [5.74, 6) is 1.44. The summed E-state index contributed by atoms with van der Waals surface area (Å²) in [6.45, 7) is 3.80. The van der Waals surface area contributed by atoms with Crippen LogP contribution in [0.15, 0.2) is 40.8 Å². The van der Waals surface area contributed by atoms with Crippen LogP contribution in [0, 0.1) is 13.8 Å². The molecule has 0 spiro atoms. The molecule has 0 bridgehead atoms. The van der Waals surface area contributed by atoms with Gasteiger partial charge in [-0.05, 0) is 38.3 Å². The van der Waals surface area contributed by atoms with Crippen LogP contribution in [-0.2, 0) is 16.4 Å². The Hall–Kier alpha value is -1.63. The molecule has 2 rings (SSSR count). The number of hydrogen-bond donors (Lipinski definition) is 2. The summed E-state index contributed by atoms with van der Waals surface area (Å²) < 4.78 is 31.9. The second-order valence-corrected chi connectivity index (χ2v) is 7.55. The van der Waals surface area contributed by atoms with Crippen LogP contribution >= 0.6 is 0 Å². The van der Waals surface area contributed by atoms with E-state index in [1.807, 2.05) is 37.3 Å². The lowest BCUT2D eigenvalue weighted by atomic mass is 10.1. The second kappa shape index (κ2) is 7.77. The molecule has 2 N–H and O–H groups in total. The number of aliphatic hydroxyl groups excluding tert-OH is 1. The number of aliphatic hydroxyl groups is 1. The largest absolute Gasteiger partial charge is 0.466 e. The zero-order valence-electron chi connectivity index (χ0n) is 13.5. The molecule has 0 saturated carbocycles. The van der Waals surface area contributed by atoms with Crippen molar-refractivity contribution in [1.82, 2.24) is 4.72 Å². The molecule has 1 atom stereocenters. The molecule has 5 nitrogen and oxygen atoms in total. The van der Waals surface area contributed by atoms with Crippen molar-refractivity contribution in [3.63, 3.8) is 0 Å². The summed E-state index contributed by atoms with van der Waals surface area (Å²) in [6.07, 6.45) is 0.0487. The van der Waals surface area contributed by atoms with Crippen molar-refractivity contribution in [3.8, 4) is 0 Å². The molecular formula is C17H23NO4S. The zero-order valence-corrected chi connectivity index (χ0v) is 14.3. The summed E-state index contributed by atoms with van der Waals surface area (Å²) >= 11 is 0. The highest BCUT2D eigenvalue weighted by Gasteiger charge is 2.16. The summed E-state index contributed by atoms with van der Waals surface area (Å²) in [5.41, 5.74) is 1.70. The molecule has 0 aliphatic carbocycles. The lowest BCUT2D eigenvalue weighted by molar-refractivity contribution is 0.167. The van der Waals surface area contributed by atoms with Gasteiger partial charge in [0.15, 0.2) is 0 Å². The molecule has 1 unspecified atom stereocenters. The topological polar surface area (TPSA) is 79.5 Å². The number of furan rings is 1. The number of benzene rings is 1. The Morgan fingerprint density at radius 1 is 1.22 bits per heavy atom. The normalized spacial score (nSPS) is 13.2. The summed E-state index contributed by atoms with van der Waals surface area (Å²) in [7, 11) is -3.35. The summed E-state index contributed by atoms with van der Waals surface area (Å²) in [6, 6.07) is 11.3. The predicted octanol–water partition coefficient (Wildman–Crippen LogP) is 2.48. The van der Waals surface area contributed by atoms with E-state index in [0.717, 1.165) is 11.3 Å². The van der Waals surface area contributed by atoms with Gasteiger partial charge in [-0.25, -0.2) is 13.1 Å². The Bertz CT molecular complexity index is 722. The van der Waals surface area contributed by atoms with Gasteiger partial charge in [0.2, 0.25) is 10.0 Å². The average molecular weight is 337 g/mol. The highest BCUT2D eigenvalue weighted by molar-refractivity contribution is 7.89. The first-order chi connectivity index (χ1) is 10.9. The van der Waals surface area contributed by atoms with E-state index in [1.165, 1.54) is 0 Å². The molecule has 0 aliphatic heterocycles. The highest BCUT2D eigenvalue weighted by Crippen LogP contribution is 2.23. The number of nitrogens with one attached hydrogen (secondary N) is 1. The van der Waals surface area contributed by atoms with E-state index in [1.54, 1.807) is 13.0 Å². The zero-order chi connectivity index (χ0) is 16.9. The van der Waals surface area contributed by atoms with E-state index in [0.29, 0.717) is 24.2 Å². The Balaban J connectivity index is 1.79. The minimum atomic E-state index is -3.35. The lowest BCUT2D eigenvalue weighted by Crippen LogP contribution is -2.29. The summed E-state index contributed by atoms with van der Waals surface area (Å²) in [5, 5.41) is 10.1. The Morgan fingerprint density at radius 2 is 1.91 bits per heavy atom. The molecule has 6 heteroatoms. The van der Waals surface area contributed by atoms with E-state index in [2.05, 4.69) is 4.72 Å². The number of sulfonamides is 1. The van der Waals surface area contributed by atoms with E-state index in [4.69, 9.17) is 4.42 Å². The van der Waals surface area contributed by atoms with Crippen LogP contribution in [0.25, 0.3) is 0 Å². The van der Waals surface area contributed by atoms with Gasteiger partial charge < -0.3 is 9.52 Å². The lowest BCUT2D eigenvalue weighted by Gasteiger charge is -2.11. The molecular weight excluding hydrogens is 314 g/mol. The molecule has 1 aromatic carbocycles. The fourth-order valence-electron chi connectivity index (χ4n) is 2.46. The van der Waals surface area contributed by atoms with Crippen molar-refractivity contribution in [2.45, 2.75) is 32.8 Å². The standard InChI is InChI=1S/C17H23NO4S/c1-13-12-16(14(2)22-13)17(19)8-10-18-23(20,21)11-9-15-6-4-3-5-7-15/h3-7,12,17-19H,8-11H2,1-2H3. The van der Waals surface area contributed by atoms with E-state index < -0.39 is 16.1 Å². The monoisotopic (exact) mass is 337 g/mol. The SMILES string of the molecule is Cc1cc(C(O)CCNS(=O)(=O)CCc2ccccc2)c(C)o1. The van der Waals surface area contributed by atoms with Crippen LogP contribution in [-0.4, -0.2) is 25.8 Å². The first kappa shape index (κ1) is 17.7. The van der Waals surface area contributed by atoms with Crippen molar-refractivity contribution >= 4 is 10.0 Å². The molecule has 1 aromatic heterocycles. The Kier molecular flexibility index (Phi) is 5.98.